The van der Waals surface area contributed by atoms with Gasteiger partial charge >= 0.3 is 0 Å². The van der Waals surface area contributed by atoms with E-state index in [0.29, 0.717) is 0 Å². The molecule has 4 nitrogen and oxygen atoms in total. The Morgan fingerprint density at radius 1 is 0.385 bits per heavy atom. The van der Waals surface area contributed by atoms with Gasteiger partial charge in [-0.1, -0.05) is 54.6 Å². The molecule has 4 heteroatoms. The minimum Gasteiger partial charge on any atom is -0.399 e. The van der Waals surface area contributed by atoms with Gasteiger partial charge in [0, 0.05) is 28.1 Å². The lowest BCUT2D eigenvalue weighted by atomic mass is 10.1. The minimum atomic E-state index is 0.749. The summed E-state index contributed by atoms with van der Waals surface area (Å²) in [6.07, 6.45) is 0. The third kappa shape index (κ3) is 6.09. The van der Waals surface area contributed by atoms with Gasteiger partial charge in [0.05, 0.1) is 0 Å². The smallest absolute Gasteiger partial charge is 0.0393 e. The third-order valence-corrected chi connectivity index (χ3v) is 3.56. The normalized spacial score (nSPS) is 9.38. The summed E-state index contributed by atoms with van der Waals surface area (Å²) in [4.78, 5) is 0. The summed E-state index contributed by atoms with van der Waals surface area (Å²) in [5, 5.41) is 2.34. The SMILES string of the molecule is Nc1ccc(N)cc1.Nc1cccc2ccccc12.Nc1ccccc1. The van der Waals surface area contributed by atoms with Gasteiger partial charge in [0.25, 0.3) is 0 Å². The maximum absolute atomic E-state index is 5.76. The number of nitrogens with two attached hydrogens (primary N) is 4. The summed E-state index contributed by atoms with van der Waals surface area (Å²) in [5.74, 6) is 0. The van der Waals surface area contributed by atoms with E-state index in [1.165, 1.54) is 5.39 Å². The third-order valence-electron chi connectivity index (χ3n) is 3.56. The fourth-order valence-electron chi connectivity index (χ4n) is 2.20. The molecule has 0 saturated carbocycles. The maximum atomic E-state index is 5.76. The largest absolute Gasteiger partial charge is 0.399 e. The van der Waals surface area contributed by atoms with Crippen LogP contribution in [0.15, 0.2) is 97.1 Å². The van der Waals surface area contributed by atoms with Gasteiger partial charge < -0.3 is 22.9 Å². The molecule has 4 aromatic carbocycles. The van der Waals surface area contributed by atoms with Crippen LogP contribution >= 0.6 is 0 Å². The number of benzene rings is 4. The van der Waals surface area contributed by atoms with E-state index in [0.717, 1.165) is 28.1 Å². The first-order valence-electron chi connectivity index (χ1n) is 8.21. The Morgan fingerprint density at radius 2 is 0.846 bits per heavy atom. The van der Waals surface area contributed by atoms with Crippen molar-refractivity contribution < 1.29 is 0 Å². The van der Waals surface area contributed by atoms with Gasteiger partial charge in [-0.2, -0.15) is 0 Å². The van der Waals surface area contributed by atoms with Crippen LogP contribution < -0.4 is 22.9 Å². The molecule has 4 rings (SSSR count). The number of fused-ring (bicyclic) bond motifs is 1. The quantitative estimate of drug-likeness (QED) is 0.351. The molecular weight excluding hydrogens is 320 g/mol. The molecule has 4 aromatic rings. The summed E-state index contributed by atoms with van der Waals surface area (Å²) in [6, 6.07) is 30.6. The number of hydrogen-bond acceptors (Lipinski definition) is 4. The summed E-state index contributed by atoms with van der Waals surface area (Å²) >= 11 is 0. The lowest BCUT2D eigenvalue weighted by Crippen LogP contribution is -1.86. The van der Waals surface area contributed by atoms with Crippen LogP contribution in [0.2, 0.25) is 0 Å². The highest BCUT2D eigenvalue weighted by atomic mass is 14.6. The number of para-hydroxylation sites is 1. The first-order valence-corrected chi connectivity index (χ1v) is 8.21. The van der Waals surface area contributed by atoms with Gasteiger partial charge in [0.1, 0.15) is 0 Å². The fourth-order valence-corrected chi connectivity index (χ4v) is 2.20. The first kappa shape index (κ1) is 18.7. The van der Waals surface area contributed by atoms with Crippen LogP contribution in [0.3, 0.4) is 0 Å². The van der Waals surface area contributed by atoms with Crippen molar-refractivity contribution in [3.63, 3.8) is 0 Å². The molecule has 0 radical (unpaired) electrons. The Labute approximate surface area is 154 Å². The Kier molecular flexibility index (Phi) is 6.89. The van der Waals surface area contributed by atoms with Crippen LogP contribution in [0.25, 0.3) is 10.8 Å². The average molecular weight is 344 g/mol. The molecule has 0 atom stereocenters. The molecule has 0 heterocycles. The van der Waals surface area contributed by atoms with E-state index in [1.54, 1.807) is 24.3 Å². The van der Waals surface area contributed by atoms with Crippen molar-refractivity contribution in [2.24, 2.45) is 0 Å². The molecule has 0 fully saturated rings. The highest BCUT2D eigenvalue weighted by molar-refractivity contribution is 5.92. The zero-order chi connectivity index (χ0) is 18.8. The number of rotatable bonds is 0. The molecule has 132 valence electrons. The first-order chi connectivity index (χ1) is 12.6. The standard InChI is InChI=1S/C10H9N.C6H8N2.C6H7N/c11-10-7-3-5-8-4-1-2-6-9(8)10;7-5-1-2-6(8)4-3-5;7-6-4-2-1-3-5-6/h1-7H,11H2;1-4H,7-8H2;1-5H,7H2. The van der Waals surface area contributed by atoms with E-state index in [1.807, 2.05) is 60.7 Å². The van der Waals surface area contributed by atoms with Crippen LogP contribution in [-0.2, 0) is 0 Å². The number of hydrogen-bond donors (Lipinski definition) is 4. The summed E-state index contributed by atoms with van der Waals surface area (Å²) in [6.45, 7) is 0. The van der Waals surface area contributed by atoms with Gasteiger partial charge in [-0.3, -0.25) is 0 Å². The van der Waals surface area contributed by atoms with E-state index in [4.69, 9.17) is 22.9 Å². The number of anilines is 4. The minimum absolute atomic E-state index is 0.749. The molecule has 8 N–H and O–H groups in total. The van der Waals surface area contributed by atoms with E-state index < -0.39 is 0 Å². The zero-order valence-electron chi connectivity index (χ0n) is 14.5. The van der Waals surface area contributed by atoms with Crippen molar-refractivity contribution >= 4 is 33.5 Å². The average Bonchev–Trinajstić information content (AvgIpc) is 2.66. The topological polar surface area (TPSA) is 104 Å². The molecule has 0 aliphatic carbocycles. The van der Waals surface area contributed by atoms with Crippen molar-refractivity contribution in [1.29, 1.82) is 0 Å². The second-order valence-corrected chi connectivity index (χ2v) is 5.65. The molecule has 0 aliphatic heterocycles. The number of nitrogen functional groups attached to an aromatic ring is 4. The van der Waals surface area contributed by atoms with Crippen molar-refractivity contribution in [3.8, 4) is 0 Å². The molecule has 26 heavy (non-hydrogen) atoms. The molecule has 0 bridgehead atoms. The highest BCUT2D eigenvalue weighted by Crippen LogP contribution is 2.19. The molecule has 0 aliphatic rings. The van der Waals surface area contributed by atoms with Crippen molar-refractivity contribution in [3.05, 3.63) is 97.1 Å². The zero-order valence-corrected chi connectivity index (χ0v) is 14.5. The fraction of sp³-hybridized carbons (Fsp3) is 0. The van der Waals surface area contributed by atoms with Crippen LogP contribution in [-0.4, -0.2) is 0 Å². The molecule has 0 amide bonds. The highest BCUT2D eigenvalue weighted by Gasteiger charge is 1.92. The monoisotopic (exact) mass is 344 g/mol. The van der Waals surface area contributed by atoms with Crippen molar-refractivity contribution in [1.82, 2.24) is 0 Å². The summed E-state index contributed by atoms with van der Waals surface area (Å²) in [7, 11) is 0. The van der Waals surface area contributed by atoms with Crippen molar-refractivity contribution in [2.45, 2.75) is 0 Å². The molecule has 0 saturated heterocycles. The Morgan fingerprint density at radius 3 is 1.35 bits per heavy atom. The van der Waals surface area contributed by atoms with Crippen LogP contribution in [0.4, 0.5) is 22.7 Å². The predicted molar refractivity (Wildman–Crippen MR) is 114 cm³/mol. The lowest BCUT2D eigenvalue weighted by Gasteiger charge is -1.98. The Hall–Kier alpha value is -3.66. The van der Waals surface area contributed by atoms with Gasteiger partial charge in [-0.05, 0) is 47.9 Å². The Balaban J connectivity index is 0.000000145. The van der Waals surface area contributed by atoms with Crippen LogP contribution in [0, 0.1) is 0 Å². The van der Waals surface area contributed by atoms with Crippen molar-refractivity contribution in [2.75, 3.05) is 22.9 Å². The van der Waals surface area contributed by atoms with E-state index in [9.17, 15) is 0 Å². The van der Waals surface area contributed by atoms with E-state index in [2.05, 4.69) is 12.1 Å². The van der Waals surface area contributed by atoms with Gasteiger partial charge in [-0.15, -0.1) is 0 Å². The second-order valence-electron chi connectivity index (χ2n) is 5.65. The Bertz CT molecular complexity index is 893. The van der Waals surface area contributed by atoms with Gasteiger partial charge in [-0.25, -0.2) is 0 Å². The van der Waals surface area contributed by atoms with E-state index >= 15 is 0 Å². The van der Waals surface area contributed by atoms with Crippen LogP contribution in [0.1, 0.15) is 0 Å². The summed E-state index contributed by atoms with van der Waals surface area (Å²) < 4.78 is 0. The molecule has 0 aromatic heterocycles. The van der Waals surface area contributed by atoms with E-state index in [-0.39, 0.29) is 0 Å². The second kappa shape index (κ2) is 9.59. The molecular formula is C22H24N4. The predicted octanol–water partition coefficient (Wildman–Crippen LogP) is 4.54. The van der Waals surface area contributed by atoms with Gasteiger partial charge in [0.15, 0.2) is 0 Å². The molecule has 0 unspecified atom stereocenters. The molecule has 0 spiro atoms. The summed E-state index contributed by atoms with van der Waals surface area (Å²) in [5.41, 5.74) is 25.0. The van der Waals surface area contributed by atoms with Crippen LogP contribution in [0.5, 0.6) is 0 Å². The lowest BCUT2D eigenvalue weighted by molar-refractivity contribution is 1.67. The maximum Gasteiger partial charge on any atom is 0.0393 e. The van der Waals surface area contributed by atoms with Gasteiger partial charge in [0.2, 0.25) is 0 Å².